The third kappa shape index (κ3) is 3.19. The van der Waals surface area contributed by atoms with Crippen LogP contribution in [0, 0.1) is 5.41 Å². The van der Waals surface area contributed by atoms with Crippen molar-refractivity contribution in [3.8, 4) is 0 Å². The van der Waals surface area contributed by atoms with Crippen molar-refractivity contribution in [1.29, 1.82) is 0 Å². The monoisotopic (exact) mass is 241 g/mol. The summed E-state index contributed by atoms with van der Waals surface area (Å²) in [7, 11) is 2.21. The summed E-state index contributed by atoms with van der Waals surface area (Å²) in [6.45, 7) is 9.45. The highest BCUT2D eigenvalue weighted by molar-refractivity contribution is 4.88. The third-order valence-electron chi connectivity index (χ3n) is 4.44. The van der Waals surface area contributed by atoms with Gasteiger partial charge in [0.05, 0.1) is 6.61 Å². The molecule has 17 heavy (non-hydrogen) atoms. The first-order valence-corrected chi connectivity index (χ1v) is 6.86. The number of rotatable bonds is 3. The molecule has 2 rings (SSSR count). The molecule has 0 bridgehead atoms. The maximum Gasteiger partial charge on any atom is 0.0546 e. The molecule has 0 spiro atoms. The number of nitrogens with two attached hydrogens (primary N) is 1. The summed E-state index contributed by atoms with van der Waals surface area (Å²) in [4.78, 5) is 5.01. The highest BCUT2D eigenvalue weighted by Crippen LogP contribution is 2.29. The van der Waals surface area contributed by atoms with Crippen molar-refractivity contribution in [2.75, 3.05) is 53.0 Å². The van der Waals surface area contributed by atoms with Gasteiger partial charge < -0.3 is 15.4 Å². The van der Waals surface area contributed by atoms with Gasteiger partial charge in [-0.25, -0.2) is 0 Å². The minimum absolute atomic E-state index is 0.216. The minimum atomic E-state index is 0.216. The van der Waals surface area contributed by atoms with E-state index in [9.17, 15) is 0 Å². The van der Waals surface area contributed by atoms with Gasteiger partial charge in [0.2, 0.25) is 0 Å². The Labute approximate surface area is 105 Å². The van der Waals surface area contributed by atoms with Crippen molar-refractivity contribution >= 4 is 0 Å². The van der Waals surface area contributed by atoms with Crippen molar-refractivity contribution in [1.82, 2.24) is 9.80 Å². The summed E-state index contributed by atoms with van der Waals surface area (Å²) in [6, 6.07) is 0.656. The summed E-state index contributed by atoms with van der Waals surface area (Å²) in [5, 5.41) is 0. The van der Waals surface area contributed by atoms with Crippen LogP contribution in [0.15, 0.2) is 0 Å². The summed E-state index contributed by atoms with van der Waals surface area (Å²) in [5.41, 5.74) is 6.22. The Morgan fingerprint density at radius 2 is 2.24 bits per heavy atom. The fourth-order valence-electron chi connectivity index (χ4n) is 3.00. The molecule has 2 saturated heterocycles. The maximum atomic E-state index is 6.00. The number of hydrogen-bond acceptors (Lipinski definition) is 4. The SMILES string of the molecule is CC1CN(CC2(CN)CCCOC2)CCN1C. The third-order valence-corrected chi connectivity index (χ3v) is 4.44. The van der Waals surface area contributed by atoms with Gasteiger partial charge in [-0.15, -0.1) is 0 Å². The zero-order valence-corrected chi connectivity index (χ0v) is 11.3. The molecule has 2 heterocycles. The van der Waals surface area contributed by atoms with Gasteiger partial charge in [0, 0.05) is 50.8 Å². The van der Waals surface area contributed by atoms with Crippen LogP contribution >= 0.6 is 0 Å². The van der Waals surface area contributed by atoms with Crippen LogP contribution in [0.3, 0.4) is 0 Å². The van der Waals surface area contributed by atoms with Crippen LogP contribution in [0.25, 0.3) is 0 Å². The number of likely N-dealkylation sites (N-methyl/N-ethyl adjacent to an activating group) is 1. The highest BCUT2D eigenvalue weighted by atomic mass is 16.5. The van der Waals surface area contributed by atoms with E-state index >= 15 is 0 Å². The molecule has 0 amide bonds. The van der Waals surface area contributed by atoms with E-state index in [1.54, 1.807) is 0 Å². The largest absolute Gasteiger partial charge is 0.381 e. The van der Waals surface area contributed by atoms with Crippen molar-refractivity contribution in [3.63, 3.8) is 0 Å². The molecule has 0 saturated carbocycles. The summed E-state index contributed by atoms with van der Waals surface area (Å²) in [6.07, 6.45) is 2.39. The molecule has 0 aromatic carbocycles. The summed E-state index contributed by atoms with van der Waals surface area (Å²) >= 11 is 0. The average Bonchev–Trinajstić information content (AvgIpc) is 2.35. The summed E-state index contributed by atoms with van der Waals surface area (Å²) < 4.78 is 5.65. The topological polar surface area (TPSA) is 41.7 Å². The Morgan fingerprint density at radius 1 is 1.41 bits per heavy atom. The van der Waals surface area contributed by atoms with Crippen LogP contribution < -0.4 is 5.73 Å². The molecule has 0 aromatic rings. The Balaban J connectivity index is 1.90. The van der Waals surface area contributed by atoms with Crippen LogP contribution in [0.2, 0.25) is 0 Å². The summed E-state index contributed by atoms with van der Waals surface area (Å²) in [5.74, 6) is 0. The van der Waals surface area contributed by atoms with Crippen LogP contribution in [-0.2, 0) is 4.74 Å². The number of nitrogens with zero attached hydrogens (tertiary/aromatic N) is 2. The molecule has 2 N–H and O–H groups in total. The van der Waals surface area contributed by atoms with E-state index in [1.165, 1.54) is 25.9 Å². The van der Waals surface area contributed by atoms with Gasteiger partial charge in [0.25, 0.3) is 0 Å². The van der Waals surface area contributed by atoms with E-state index in [0.717, 1.165) is 32.8 Å². The van der Waals surface area contributed by atoms with Gasteiger partial charge in [0.15, 0.2) is 0 Å². The molecule has 2 unspecified atom stereocenters. The lowest BCUT2D eigenvalue weighted by molar-refractivity contribution is -0.0322. The molecule has 0 aliphatic carbocycles. The van der Waals surface area contributed by atoms with Gasteiger partial charge in [-0.1, -0.05) is 0 Å². The second-order valence-corrected chi connectivity index (χ2v) is 5.93. The Hall–Kier alpha value is -0.160. The van der Waals surface area contributed by atoms with Gasteiger partial charge in [-0.2, -0.15) is 0 Å². The van der Waals surface area contributed by atoms with Crippen molar-refractivity contribution in [2.45, 2.75) is 25.8 Å². The maximum absolute atomic E-state index is 6.00. The van der Waals surface area contributed by atoms with E-state index < -0.39 is 0 Å². The number of hydrogen-bond donors (Lipinski definition) is 1. The minimum Gasteiger partial charge on any atom is -0.381 e. The Morgan fingerprint density at radius 3 is 2.82 bits per heavy atom. The molecule has 2 aliphatic heterocycles. The van der Waals surface area contributed by atoms with Gasteiger partial charge in [0.1, 0.15) is 0 Å². The fourth-order valence-corrected chi connectivity index (χ4v) is 3.00. The molecule has 4 nitrogen and oxygen atoms in total. The van der Waals surface area contributed by atoms with Gasteiger partial charge in [-0.05, 0) is 26.8 Å². The first-order chi connectivity index (χ1) is 8.15. The lowest BCUT2D eigenvalue weighted by Gasteiger charge is -2.44. The van der Waals surface area contributed by atoms with Gasteiger partial charge in [-0.3, -0.25) is 4.90 Å². The molecular weight excluding hydrogens is 214 g/mol. The lowest BCUT2D eigenvalue weighted by atomic mass is 9.82. The predicted molar refractivity (Wildman–Crippen MR) is 70.1 cm³/mol. The van der Waals surface area contributed by atoms with E-state index in [-0.39, 0.29) is 5.41 Å². The molecule has 2 atom stereocenters. The van der Waals surface area contributed by atoms with E-state index in [4.69, 9.17) is 10.5 Å². The molecule has 100 valence electrons. The smallest absolute Gasteiger partial charge is 0.0546 e. The normalized spacial score (nSPS) is 37.2. The Kier molecular flexibility index (Phi) is 4.42. The van der Waals surface area contributed by atoms with Crippen LogP contribution in [-0.4, -0.2) is 68.8 Å². The van der Waals surface area contributed by atoms with Crippen molar-refractivity contribution in [3.05, 3.63) is 0 Å². The second-order valence-electron chi connectivity index (χ2n) is 5.93. The van der Waals surface area contributed by atoms with Crippen LogP contribution in [0.4, 0.5) is 0 Å². The number of ether oxygens (including phenoxy) is 1. The zero-order chi connectivity index (χ0) is 12.3. The first kappa shape index (κ1) is 13.3. The van der Waals surface area contributed by atoms with E-state index in [2.05, 4.69) is 23.8 Å². The van der Waals surface area contributed by atoms with Crippen LogP contribution in [0.5, 0.6) is 0 Å². The second kappa shape index (κ2) is 5.65. The number of piperazine rings is 1. The lowest BCUT2D eigenvalue weighted by Crippen LogP contribution is -2.55. The standard InChI is InChI=1S/C13H27N3O/c1-12-8-16(6-5-15(12)2)10-13(9-14)4-3-7-17-11-13/h12H,3-11,14H2,1-2H3. The molecule has 2 aliphatic rings. The first-order valence-electron chi connectivity index (χ1n) is 6.86. The molecular formula is C13H27N3O. The zero-order valence-electron chi connectivity index (χ0n) is 11.3. The quantitative estimate of drug-likeness (QED) is 0.775. The highest BCUT2D eigenvalue weighted by Gasteiger charge is 2.35. The molecule has 0 radical (unpaired) electrons. The molecule has 2 fully saturated rings. The molecule has 0 aromatic heterocycles. The van der Waals surface area contributed by atoms with E-state index in [1.807, 2.05) is 0 Å². The predicted octanol–water partition coefficient (Wildman–Crippen LogP) is 0.378. The van der Waals surface area contributed by atoms with E-state index in [0.29, 0.717) is 6.04 Å². The van der Waals surface area contributed by atoms with Gasteiger partial charge >= 0.3 is 0 Å². The molecule has 4 heteroatoms. The van der Waals surface area contributed by atoms with Crippen molar-refractivity contribution in [2.24, 2.45) is 11.1 Å². The fraction of sp³-hybridized carbons (Fsp3) is 1.00. The average molecular weight is 241 g/mol. The van der Waals surface area contributed by atoms with Crippen molar-refractivity contribution < 1.29 is 4.74 Å². The Bertz CT molecular complexity index is 241. The van der Waals surface area contributed by atoms with Crippen LogP contribution in [0.1, 0.15) is 19.8 Å².